The summed E-state index contributed by atoms with van der Waals surface area (Å²) in [5.41, 5.74) is 1.18. The first-order valence-electron chi connectivity index (χ1n) is 6.13. The minimum Gasteiger partial charge on any atom is -0.489 e. The first-order valence-corrected chi connectivity index (χ1v) is 6.13. The van der Waals surface area contributed by atoms with Crippen LogP contribution in [-0.4, -0.2) is 27.9 Å². The van der Waals surface area contributed by atoms with Crippen LogP contribution in [0.2, 0.25) is 0 Å². The first kappa shape index (κ1) is 12.6. The SMILES string of the molecule is CCn1cc(OCCNCc2cccnc2)cn1. The van der Waals surface area contributed by atoms with Crippen LogP contribution >= 0.6 is 0 Å². The molecule has 0 atom stereocenters. The van der Waals surface area contributed by atoms with Crippen molar-refractivity contribution in [2.75, 3.05) is 13.2 Å². The number of ether oxygens (including phenoxy) is 1. The average molecular weight is 246 g/mol. The summed E-state index contributed by atoms with van der Waals surface area (Å²) < 4.78 is 7.41. The lowest BCUT2D eigenvalue weighted by Gasteiger charge is -2.05. The molecule has 0 saturated carbocycles. The molecule has 0 fully saturated rings. The van der Waals surface area contributed by atoms with Crippen LogP contribution in [-0.2, 0) is 13.1 Å². The molecule has 2 aromatic heterocycles. The van der Waals surface area contributed by atoms with Gasteiger partial charge in [-0.1, -0.05) is 6.07 Å². The molecule has 18 heavy (non-hydrogen) atoms. The van der Waals surface area contributed by atoms with Crippen LogP contribution < -0.4 is 10.1 Å². The number of aromatic nitrogens is 3. The number of pyridine rings is 1. The van der Waals surface area contributed by atoms with E-state index in [4.69, 9.17) is 4.74 Å². The third kappa shape index (κ3) is 3.85. The normalized spacial score (nSPS) is 10.5. The van der Waals surface area contributed by atoms with Gasteiger partial charge in [-0.05, 0) is 18.6 Å². The van der Waals surface area contributed by atoms with Crippen LogP contribution in [0.4, 0.5) is 0 Å². The highest BCUT2D eigenvalue weighted by molar-refractivity contribution is 5.11. The van der Waals surface area contributed by atoms with Crippen molar-refractivity contribution in [2.45, 2.75) is 20.0 Å². The quantitative estimate of drug-likeness (QED) is 0.752. The Morgan fingerprint density at radius 3 is 3.06 bits per heavy atom. The van der Waals surface area contributed by atoms with Crippen molar-refractivity contribution < 1.29 is 4.74 Å². The Balaban J connectivity index is 1.61. The van der Waals surface area contributed by atoms with Gasteiger partial charge in [-0.3, -0.25) is 9.67 Å². The minimum atomic E-state index is 0.635. The molecular weight excluding hydrogens is 228 g/mol. The first-order chi connectivity index (χ1) is 8.88. The second-order valence-corrected chi connectivity index (χ2v) is 3.92. The average Bonchev–Trinajstić information content (AvgIpc) is 2.87. The lowest BCUT2D eigenvalue weighted by atomic mass is 10.3. The Morgan fingerprint density at radius 2 is 2.33 bits per heavy atom. The molecule has 0 unspecified atom stereocenters. The second kappa shape index (κ2) is 6.76. The zero-order valence-electron chi connectivity index (χ0n) is 10.5. The molecule has 2 heterocycles. The van der Waals surface area contributed by atoms with E-state index >= 15 is 0 Å². The van der Waals surface area contributed by atoms with E-state index in [0.717, 1.165) is 25.4 Å². The topological polar surface area (TPSA) is 52.0 Å². The molecule has 0 amide bonds. The summed E-state index contributed by atoms with van der Waals surface area (Å²) >= 11 is 0. The molecular formula is C13H18N4O. The van der Waals surface area contributed by atoms with Gasteiger partial charge in [0.05, 0.1) is 12.4 Å². The maximum atomic E-state index is 5.56. The Bertz CT molecular complexity index is 455. The van der Waals surface area contributed by atoms with Gasteiger partial charge in [-0.25, -0.2) is 0 Å². The Hall–Kier alpha value is -1.88. The molecule has 0 aliphatic heterocycles. The zero-order valence-corrected chi connectivity index (χ0v) is 10.5. The number of nitrogens with one attached hydrogen (secondary N) is 1. The summed E-state index contributed by atoms with van der Waals surface area (Å²) in [6.07, 6.45) is 7.28. The predicted molar refractivity (Wildman–Crippen MR) is 69.3 cm³/mol. The predicted octanol–water partition coefficient (Wildman–Crippen LogP) is 1.47. The van der Waals surface area contributed by atoms with E-state index in [9.17, 15) is 0 Å². The summed E-state index contributed by atoms with van der Waals surface area (Å²) in [5, 5.41) is 7.44. The smallest absolute Gasteiger partial charge is 0.157 e. The van der Waals surface area contributed by atoms with Gasteiger partial charge in [0, 0.05) is 32.0 Å². The van der Waals surface area contributed by atoms with Crippen molar-refractivity contribution >= 4 is 0 Å². The van der Waals surface area contributed by atoms with Crippen molar-refractivity contribution in [2.24, 2.45) is 0 Å². The number of nitrogens with zero attached hydrogens (tertiary/aromatic N) is 3. The molecule has 0 radical (unpaired) electrons. The molecule has 5 nitrogen and oxygen atoms in total. The van der Waals surface area contributed by atoms with E-state index in [2.05, 4.69) is 15.4 Å². The molecule has 1 N–H and O–H groups in total. The van der Waals surface area contributed by atoms with Gasteiger partial charge in [0.15, 0.2) is 5.75 Å². The van der Waals surface area contributed by atoms with Crippen LogP contribution in [0, 0.1) is 0 Å². The van der Waals surface area contributed by atoms with Crippen molar-refractivity contribution in [3.8, 4) is 5.75 Å². The summed E-state index contributed by atoms with van der Waals surface area (Å²) in [6, 6.07) is 3.98. The highest BCUT2D eigenvalue weighted by atomic mass is 16.5. The van der Waals surface area contributed by atoms with Crippen LogP contribution in [0.5, 0.6) is 5.75 Å². The van der Waals surface area contributed by atoms with E-state index < -0.39 is 0 Å². The van der Waals surface area contributed by atoms with Gasteiger partial charge in [0.25, 0.3) is 0 Å². The number of aryl methyl sites for hydroxylation is 1. The highest BCUT2D eigenvalue weighted by Crippen LogP contribution is 2.07. The summed E-state index contributed by atoms with van der Waals surface area (Å²) in [7, 11) is 0. The molecule has 0 aliphatic carbocycles. The molecule has 0 aliphatic rings. The molecule has 0 aromatic carbocycles. The summed E-state index contributed by atoms with van der Waals surface area (Å²) in [6.45, 7) is 5.15. The number of hydrogen-bond donors (Lipinski definition) is 1. The van der Waals surface area contributed by atoms with Crippen molar-refractivity contribution in [3.05, 3.63) is 42.5 Å². The molecule has 0 saturated heterocycles. The van der Waals surface area contributed by atoms with E-state index in [1.54, 1.807) is 12.4 Å². The molecule has 0 spiro atoms. The fourth-order valence-corrected chi connectivity index (χ4v) is 1.57. The minimum absolute atomic E-state index is 0.635. The van der Waals surface area contributed by atoms with Gasteiger partial charge in [-0.2, -0.15) is 5.10 Å². The van der Waals surface area contributed by atoms with Crippen molar-refractivity contribution in [1.82, 2.24) is 20.1 Å². The van der Waals surface area contributed by atoms with Gasteiger partial charge in [0.2, 0.25) is 0 Å². The monoisotopic (exact) mass is 246 g/mol. The van der Waals surface area contributed by atoms with Crippen LogP contribution in [0.25, 0.3) is 0 Å². The van der Waals surface area contributed by atoms with Crippen LogP contribution in [0.1, 0.15) is 12.5 Å². The van der Waals surface area contributed by atoms with Crippen molar-refractivity contribution in [1.29, 1.82) is 0 Å². The standard InChI is InChI=1S/C13H18N4O/c1-2-17-11-13(10-16-17)18-7-6-15-9-12-4-3-5-14-8-12/h3-5,8,10-11,15H,2,6-7,9H2,1H3. The van der Waals surface area contributed by atoms with Crippen molar-refractivity contribution in [3.63, 3.8) is 0 Å². The third-order valence-corrected chi connectivity index (χ3v) is 2.53. The Kier molecular flexibility index (Phi) is 4.72. The third-order valence-electron chi connectivity index (χ3n) is 2.53. The maximum absolute atomic E-state index is 5.56. The Labute approximate surface area is 107 Å². The molecule has 96 valence electrons. The van der Waals surface area contributed by atoms with Gasteiger partial charge in [0.1, 0.15) is 6.61 Å². The number of rotatable bonds is 7. The van der Waals surface area contributed by atoms with Gasteiger partial charge >= 0.3 is 0 Å². The van der Waals surface area contributed by atoms with E-state index in [1.807, 2.05) is 36.1 Å². The zero-order chi connectivity index (χ0) is 12.6. The maximum Gasteiger partial charge on any atom is 0.157 e. The van der Waals surface area contributed by atoms with Crippen LogP contribution in [0.3, 0.4) is 0 Å². The fourth-order valence-electron chi connectivity index (χ4n) is 1.57. The Morgan fingerprint density at radius 1 is 1.39 bits per heavy atom. The van der Waals surface area contributed by atoms with E-state index in [1.165, 1.54) is 5.56 Å². The lowest BCUT2D eigenvalue weighted by molar-refractivity contribution is 0.313. The molecule has 2 aromatic rings. The lowest BCUT2D eigenvalue weighted by Crippen LogP contribution is -2.20. The van der Waals surface area contributed by atoms with Gasteiger partial charge in [-0.15, -0.1) is 0 Å². The highest BCUT2D eigenvalue weighted by Gasteiger charge is 1.97. The number of hydrogen-bond acceptors (Lipinski definition) is 4. The molecule has 2 rings (SSSR count). The van der Waals surface area contributed by atoms with Gasteiger partial charge < -0.3 is 10.1 Å². The molecule has 5 heteroatoms. The molecule has 0 bridgehead atoms. The van der Waals surface area contributed by atoms with Crippen LogP contribution in [0.15, 0.2) is 36.9 Å². The summed E-state index contributed by atoms with van der Waals surface area (Å²) in [5.74, 6) is 0.819. The summed E-state index contributed by atoms with van der Waals surface area (Å²) in [4.78, 5) is 4.06. The second-order valence-electron chi connectivity index (χ2n) is 3.92. The largest absolute Gasteiger partial charge is 0.489 e. The fraction of sp³-hybridized carbons (Fsp3) is 0.385. The van der Waals surface area contributed by atoms with E-state index in [0.29, 0.717) is 6.61 Å². The van der Waals surface area contributed by atoms with E-state index in [-0.39, 0.29) is 0 Å².